The monoisotopic (exact) mass is 345 g/mol. The molecule has 0 radical (unpaired) electrons. The third-order valence-electron chi connectivity index (χ3n) is 4.93. The molecule has 1 N–H and O–H groups in total. The average molecular weight is 345 g/mol. The van der Waals surface area contributed by atoms with E-state index < -0.39 is 0 Å². The van der Waals surface area contributed by atoms with E-state index in [0.717, 1.165) is 48.4 Å². The number of rotatable bonds is 3. The zero-order valence-electron chi connectivity index (χ0n) is 14.3. The first-order valence-electron chi connectivity index (χ1n) is 8.95. The van der Waals surface area contributed by atoms with Gasteiger partial charge in [-0.25, -0.2) is 4.98 Å². The Labute approximate surface area is 150 Å². The molecule has 0 aliphatic carbocycles. The van der Waals surface area contributed by atoms with E-state index in [4.69, 9.17) is 9.51 Å². The highest BCUT2D eigenvalue weighted by Crippen LogP contribution is 2.29. The second-order valence-electron chi connectivity index (χ2n) is 6.69. The molecule has 1 fully saturated rings. The van der Waals surface area contributed by atoms with E-state index in [1.807, 2.05) is 48.5 Å². The number of aromatic amines is 1. The number of imidazole rings is 1. The van der Waals surface area contributed by atoms with Crippen molar-refractivity contribution in [3.63, 3.8) is 0 Å². The SMILES string of the molecule is c1ccc(-c2nc(N3CCCC(c4nc5ccccc5[nH]4)C3)no2)cc1. The lowest BCUT2D eigenvalue weighted by atomic mass is 9.98. The first-order valence-corrected chi connectivity index (χ1v) is 8.95. The van der Waals surface area contributed by atoms with Crippen LogP contribution in [0.4, 0.5) is 5.95 Å². The number of nitrogens with one attached hydrogen (secondary N) is 1. The maximum Gasteiger partial charge on any atom is 0.266 e. The number of benzene rings is 2. The molecular formula is C20H19N5O. The van der Waals surface area contributed by atoms with Crippen LogP contribution in [0, 0.1) is 0 Å². The van der Waals surface area contributed by atoms with Crippen molar-refractivity contribution < 1.29 is 4.52 Å². The molecule has 1 unspecified atom stereocenters. The molecule has 1 saturated heterocycles. The first-order chi connectivity index (χ1) is 12.9. The van der Waals surface area contributed by atoms with E-state index in [-0.39, 0.29) is 0 Å². The standard InChI is InChI=1S/C20H19N5O/c1-2-7-14(8-3-1)19-23-20(24-26-19)25-12-6-9-15(13-25)18-21-16-10-4-5-11-17(16)22-18/h1-5,7-8,10-11,15H,6,9,12-13H2,(H,21,22). The molecule has 2 aromatic heterocycles. The Balaban J connectivity index is 1.38. The molecule has 4 aromatic rings. The van der Waals surface area contributed by atoms with Gasteiger partial charge in [0.15, 0.2) is 0 Å². The van der Waals surface area contributed by atoms with E-state index in [2.05, 4.69) is 26.1 Å². The lowest BCUT2D eigenvalue weighted by Gasteiger charge is -2.30. The summed E-state index contributed by atoms with van der Waals surface area (Å²) in [4.78, 5) is 15.0. The molecule has 0 bridgehead atoms. The van der Waals surface area contributed by atoms with Crippen LogP contribution in [0.1, 0.15) is 24.6 Å². The minimum atomic E-state index is 0.342. The first kappa shape index (κ1) is 15.1. The van der Waals surface area contributed by atoms with Gasteiger partial charge in [0.1, 0.15) is 5.82 Å². The van der Waals surface area contributed by atoms with E-state index >= 15 is 0 Å². The minimum absolute atomic E-state index is 0.342. The summed E-state index contributed by atoms with van der Waals surface area (Å²) < 4.78 is 5.47. The zero-order chi connectivity index (χ0) is 17.3. The Morgan fingerprint density at radius 3 is 2.73 bits per heavy atom. The van der Waals surface area contributed by atoms with Crippen LogP contribution in [0.15, 0.2) is 59.1 Å². The molecule has 1 aliphatic heterocycles. The number of nitrogens with zero attached hydrogens (tertiary/aromatic N) is 4. The van der Waals surface area contributed by atoms with Crippen LogP contribution in [0.25, 0.3) is 22.5 Å². The molecule has 6 heteroatoms. The molecule has 3 heterocycles. The highest BCUT2D eigenvalue weighted by molar-refractivity contribution is 5.74. The van der Waals surface area contributed by atoms with Crippen molar-refractivity contribution in [3.05, 3.63) is 60.4 Å². The summed E-state index contributed by atoms with van der Waals surface area (Å²) in [6.45, 7) is 1.78. The summed E-state index contributed by atoms with van der Waals surface area (Å²) in [5.41, 5.74) is 3.05. The fraction of sp³-hybridized carbons (Fsp3) is 0.250. The van der Waals surface area contributed by atoms with Crippen molar-refractivity contribution in [2.45, 2.75) is 18.8 Å². The van der Waals surface area contributed by atoms with Gasteiger partial charge in [-0.15, -0.1) is 0 Å². The quantitative estimate of drug-likeness (QED) is 0.608. The molecule has 0 spiro atoms. The highest BCUT2D eigenvalue weighted by atomic mass is 16.5. The molecule has 0 amide bonds. The Kier molecular flexibility index (Phi) is 3.66. The summed E-state index contributed by atoms with van der Waals surface area (Å²) in [6, 6.07) is 18.0. The van der Waals surface area contributed by atoms with Crippen LogP contribution >= 0.6 is 0 Å². The lowest BCUT2D eigenvalue weighted by molar-refractivity contribution is 0.422. The van der Waals surface area contributed by atoms with Crippen LogP contribution in [-0.4, -0.2) is 33.2 Å². The van der Waals surface area contributed by atoms with Crippen LogP contribution in [0.5, 0.6) is 0 Å². The zero-order valence-corrected chi connectivity index (χ0v) is 14.3. The second kappa shape index (κ2) is 6.29. The molecule has 6 nitrogen and oxygen atoms in total. The molecule has 5 rings (SSSR count). The summed E-state index contributed by atoms with van der Waals surface area (Å²) in [6.07, 6.45) is 2.19. The molecular weight excluding hydrogens is 326 g/mol. The predicted molar refractivity (Wildman–Crippen MR) is 100 cm³/mol. The van der Waals surface area contributed by atoms with E-state index in [1.165, 1.54) is 0 Å². The fourth-order valence-electron chi connectivity index (χ4n) is 3.59. The van der Waals surface area contributed by atoms with Gasteiger partial charge < -0.3 is 14.4 Å². The second-order valence-corrected chi connectivity index (χ2v) is 6.69. The minimum Gasteiger partial charge on any atom is -0.342 e. The lowest BCUT2D eigenvalue weighted by Crippen LogP contribution is -2.35. The van der Waals surface area contributed by atoms with Crippen molar-refractivity contribution in [2.75, 3.05) is 18.0 Å². The van der Waals surface area contributed by atoms with Gasteiger partial charge >= 0.3 is 0 Å². The van der Waals surface area contributed by atoms with Crippen LogP contribution in [-0.2, 0) is 0 Å². The van der Waals surface area contributed by atoms with Gasteiger partial charge in [0.2, 0.25) is 0 Å². The van der Waals surface area contributed by atoms with E-state index in [0.29, 0.717) is 17.8 Å². The smallest absolute Gasteiger partial charge is 0.266 e. The largest absolute Gasteiger partial charge is 0.342 e. The third kappa shape index (κ3) is 2.73. The number of aromatic nitrogens is 4. The Morgan fingerprint density at radius 2 is 1.85 bits per heavy atom. The Hall–Kier alpha value is -3.15. The van der Waals surface area contributed by atoms with Gasteiger partial charge in [-0.1, -0.05) is 30.3 Å². The topological polar surface area (TPSA) is 70.8 Å². The average Bonchev–Trinajstić information content (AvgIpc) is 3.36. The number of fused-ring (bicyclic) bond motifs is 1. The van der Waals surface area contributed by atoms with Gasteiger partial charge in [0, 0.05) is 24.6 Å². The Morgan fingerprint density at radius 1 is 1.00 bits per heavy atom. The number of anilines is 1. The maximum absolute atomic E-state index is 5.47. The molecule has 26 heavy (non-hydrogen) atoms. The van der Waals surface area contributed by atoms with Gasteiger partial charge in [-0.3, -0.25) is 0 Å². The van der Waals surface area contributed by atoms with Gasteiger partial charge in [0.25, 0.3) is 11.8 Å². The predicted octanol–water partition coefficient (Wildman–Crippen LogP) is 4.00. The molecule has 1 atom stereocenters. The number of hydrogen-bond donors (Lipinski definition) is 1. The molecule has 0 saturated carbocycles. The van der Waals surface area contributed by atoms with E-state index in [1.54, 1.807) is 0 Å². The van der Waals surface area contributed by atoms with Crippen molar-refractivity contribution >= 4 is 17.0 Å². The number of piperidine rings is 1. The molecule has 2 aromatic carbocycles. The van der Waals surface area contributed by atoms with Crippen molar-refractivity contribution in [2.24, 2.45) is 0 Å². The van der Waals surface area contributed by atoms with Gasteiger partial charge in [-0.2, -0.15) is 4.98 Å². The van der Waals surface area contributed by atoms with Gasteiger partial charge in [0.05, 0.1) is 11.0 Å². The van der Waals surface area contributed by atoms with Crippen LogP contribution in [0.3, 0.4) is 0 Å². The third-order valence-corrected chi connectivity index (χ3v) is 4.93. The van der Waals surface area contributed by atoms with Crippen molar-refractivity contribution in [3.8, 4) is 11.5 Å². The highest BCUT2D eigenvalue weighted by Gasteiger charge is 2.26. The maximum atomic E-state index is 5.47. The summed E-state index contributed by atoms with van der Waals surface area (Å²) in [5, 5.41) is 4.20. The number of para-hydroxylation sites is 2. The van der Waals surface area contributed by atoms with Crippen LogP contribution in [0.2, 0.25) is 0 Å². The van der Waals surface area contributed by atoms with Crippen molar-refractivity contribution in [1.29, 1.82) is 0 Å². The Bertz CT molecular complexity index is 990. The van der Waals surface area contributed by atoms with Gasteiger partial charge in [-0.05, 0) is 42.3 Å². The van der Waals surface area contributed by atoms with E-state index in [9.17, 15) is 0 Å². The van der Waals surface area contributed by atoms with Crippen LogP contribution < -0.4 is 4.90 Å². The fourth-order valence-corrected chi connectivity index (χ4v) is 3.59. The van der Waals surface area contributed by atoms with Crippen molar-refractivity contribution in [1.82, 2.24) is 20.1 Å². The summed E-state index contributed by atoms with van der Waals surface area (Å²) in [5.74, 6) is 2.61. The summed E-state index contributed by atoms with van der Waals surface area (Å²) >= 11 is 0. The molecule has 130 valence electrons. The molecule has 1 aliphatic rings. The summed E-state index contributed by atoms with van der Waals surface area (Å²) in [7, 11) is 0. The normalized spacial score (nSPS) is 17.7. The number of H-pyrrole nitrogens is 1. The number of hydrogen-bond acceptors (Lipinski definition) is 5.